The maximum Gasteiger partial charge on any atom is 0.267 e. The molecule has 0 aromatic carbocycles. The highest BCUT2D eigenvalue weighted by atomic mass is 79.9. The van der Waals surface area contributed by atoms with E-state index in [1.165, 1.54) is 0 Å². The first-order valence-corrected chi connectivity index (χ1v) is 3.83. The zero-order valence-electron chi connectivity index (χ0n) is 5.97. The summed E-state index contributed by atoms with van der Waals surface area (Å²) in [4.78, 5) is 14.6. The van der Waals surface area contributed by atoms with Crippen molar-refractivity contribution in [1.29, 1.82) is 0 Å². The monoisotopic (exact) mass is 214 g/mol. The molecule has 0 saturated carbocycles. The second-order valence-corrected chi connectivity index (χ2v) is 3.09. The summed E-state index contributed by atoms with van der Waals surface area (Å²) in [5.41, 5.74) is 6.09. The second-order valence-electron chi connectivity index (χ2n) is 2.18. The SMILES string of the molecule is Cc1cc(Br)cc(C(N)=O)n1. The molecule has 1 aromatic heterocycles. The zero-order chi connectivity index (χ0) is 8.43. The Morgan fingerprint density at radius 2 is 2.27 bits per heavy atom. The van der Waals surface area contributed by atoms with Gasteiger partial charge in [-0.1, -0.05) is 15.9 Å². The summed E-state index contributed by atoms with van der Waals surface area (Å²) in [6.07, 6.45) is 0. The first-order chi connectivity index (χ1) is 5.09. The predicted molar refractivity (Wildman–Crippen MR) is 45.2 cm³/mol. The van der Waals surface area contributed by atoms with E-state index in [1.807, 2.05) is 6.07 Å². The molecule has 0 aliphatic carbocycles. The van der Waals surface area contributed by atoms with Gasteiger partial charge >= 0.3 is 0 Å². The fourth-order valence-corrected chi connectivity index (χ4v) is 1.30. The Morgan fingerprint density at radius 3 is 2.73 bits per heavy atom. The van der Waals surface area contributed by atoms with Crippen LogP contribution in [0.1, 0.15) is 16.2 Å². The van der Waals surface area contributed by atoms with Gasteiger partial charge in [-0.25, -0.2) is 4.98 Å². The van der Waals surface area contributed by atoms with Crippen LogP contribution in [-0.2, 0) is 0 Å². The quantitative estimate of drug-likeness (QED) is 0.766. The van der Waals surface area contributed by atoms with Gasteiger partial charge in [0.15, 0.2) is 0 Å². The second kappa shape index (κ2) is 3.00. The molecule has 0 spiro atoms. The van der Waals surface area contributed by atoms with E-state index < -0.39 is 5.91 Å². The first kappa shape index (κ1) is 8.20. The van der Waals surface area contributed by atoms with Gasteiger partial charge in [0.25, 0.3) is 5.91 Å². The molecule has 0 radical (unpaired) electrons. The van der Waals surface area contributed by atoms with Crippen molar-refractivity contribution >= 4 is 21.8 Å². The highest BCUT2D eigenvalue weighted by molar-refractivity contribution is 9.10. The maximum atomic E-state index is 10.6. The number of carbonyl (C=O) groups is 1. The fraction of sp³-hybridized carbons (Fsp3) is 0.143. The highest BCUT2D eigenvalue weighted by Gasteiger charge is 2.02. The third-order valence-corrected chi connectivity index (χ3v) is 1.63. The predicted octanol–water partition coefficient (Wildman–Crippen LogP) is 1.25. The Hall–Kier alpha value is -0.900. The largest absolute Gasteiger partial charge is 0.364 e. The Kier molecular flexibility index (Phi) is 2.24. The summed E-state index contributed by atoms with van der Waals surface area (Å²) >= 11 is 3.23. The van der Waals surface area contributed by atoms with Crippen LogP contribution < -0.4 is 5.73 Å². The third kappa shape index (κ3) is 2.01. The molecular formula is C7H7BrN2O. The third-order valence-electron chi connectivity index (χ3n) is 1.17. The van der Waals surface area contributed by atoms with E-state index in [1.54, 1.807) is 13.0 Å². The minimum Gasteiger partial charge on any atom is -0.364 e. The molecule has 58 valence electrons. The summed E-state index contributed by atoms with van der Waals surface area (Å²) in [7, 11) is 0. The Morgan fingerprint density at radius 1 is 1.64 bits per heavy atom. The van der Waals surface area contributed by atoms with E-state index in [4.69, 9.17) is 5.73 Å². The number of pyridine rings is 1. The number of rotatable bonds is 1. The van der Waals surface area contributed by atoms with Crippen molar-refractivity contribution in [3.05, 3.63) is 28.0 Å². The molecular weight excluding hydrogens is 208 g/mol. The van der Waals surface area contributed by atoms with Gasteiger partial charge in [-0.05, 0) is 19.1 Å². The fourth-order valence-electron chi connectivity index (χ4n) is 0.753. The lowest BCUT2D eigenvalue weighted by molar-refractivity contribution is 0.0995. The molecule has 0 bridgehead atoms. The number of hydrogen-bond donors (Lipinski definition) is 1. The first-order valence-electron chi connectivity index (χ1n) is 3.03. The van der Waals surface area contributed by atoms with E-state index in [2.05, 4.69) is 20.9 Å². The van der Waals surface area contributed by atoms with Crippen LogP contribution in [0.15, 0.2) is 16.6 Å². The van der Waals surface area contributed by atoms with Crippen LogP contribution >= 0.6 is 15.9 Å². The van der Waals surface area contributed by atoms with Crippen LogP contribution in [0.3, 0.4) is 0 Å². The van der Waals surface area contributed by atoms with Crippen molar-refractivity contribution in [1.82, 2.24) is 4.98 Å². The summed E-state index contributed by atoms with van der Waals surface area (Å²) in [5, 5.41) is 0. The lowest BCUT2D eigenvalue weighted by atomic mass is 10.3. The molecule has 3 nitrogen and oxygen atoms in total. The molecule has 1 rings (SSSR count). The number of carbonyl (C=O) groups excluding carboxylic acids is 1. The van der Waals surface area contributed by atoms with Crippen LogP contribution in [0.25, 0.3) is 0 Å². The smallest absolute Gasteiger partial charge is 0.267 e. The molecule has 1 amide bonds. The van der Waals surface area contributed by atoms with Crippen molar-refractivity contribution < 1.29 is 4.79 Å². The van der Waals surface area contributed by atoms with Crippen molar-refractivity contribution in [3.8, 4) is 0 Å². The number of primary amides is 1. The number of nitrogens with two attached hydrogens (primary N) is 1. The number of aryl methyl sites for hydroxylation is 1. The number of amides is 1. The van der Waals surface area contributed by atoms with Crippen LogP contribution in [-0.4, -0.2) is 10.9 Å². The summed E-state index contributed by atoms with van der Waals surface area (Å²) in [5.74, 6) is -0.505. The highest BCUT2D eigenvalue weighted by Crippen LogP contribution is 2.11. The van der Waals surface area contributed by atoms with Gasteiger partial charge < -0.3 is 5.73 Å². The molecule has 0 saturated heterocycles. The molecule has 1 aromatic rings. The molecule has 2 N–H and O–H groups in total. The normalized spacial score (nSPS) is 9.64. The van der Waals surface area contributed by atoms with Gasteiger partial charge in [0.1, 0.15) is 5.69 Å². The summed E-state index contributed by atoms with van der Waals surface area (Å²) < 4.78 is 0.818. The van der Waals surface area contributed by atoms with Gasteiger partial charge in [-0.2, -0.15) is 0 Å². The van der Waals surface area contributed by atoms with Gasteiger partial charge in [-0.15, -0.1) is 0 Å². The summed E-state index contributed by atoms with van der Waals surface area (Å²) in [6.45, 7) is 1.80. The standard InChI is InChI=1S/C7H7BrN2O/c1-4-2-5(8)3-6(10-4)7(9)11/h2-3H,1H3,(H2,9,11). The molecule has 11 heavy (non-hydrogen) atoms. The van der Waals surface area contributed by atoms with Gasteiger partial charge in [0, 0.05) is 10.2 Å². The van der Waals surface area contributed by atoms with Crippen LogP contribution in [0.5, 0.6) is 0 Å². The Bertz CT molecular complexity index is 278. The topological polar surface area (TPSA) is 56.0 Å². The van der Waals surface area contributed by atoms with E-state index >= 15 is 0 Å². The molecule has 0 fully saturated rings. The molecule has 0 atom stereocenters. The maximum absolute atomic E-state index is 10.6. The summed E-state index contributed by atoms with van der Waals surface area (Å²) in [6, 6.07) is 3.40. The minimum atomic E-state index is -0.505. The van der Waals surface area contributed by atoms with Crippen molar-refractivity contribution in [2.45, 2.75) is 6.92 Å². The number of aromatic nitrogens is 1. The van der Waals surface area contributed by atoms with Crippen molar-refractivity contribution in [3.63, 3.8) is 0 Å². The molecule has 0 unspecified atom stereocenters. The number of nitrogens with zero attached hydrogens (tertiary/aromatic N) is 1. The van der Waals surface area contributed by atoms with Gasteiger partial charge in [0.05, 0.1) is 0 Å². The Labute approximate surface area is 72.7 Å². The Balaban J connectivity index is 3.19. The van der Waals surface area contributed by atoms with Crippen molar-refractivity contribution in [2.75, 3.05) is 0 Å². The van der Waals surface area contributed by atoms with E-state index in [0.29, 0.717) is 0 Å². The zero-order valence-corrected chi connectivity index (χ0v) is 7.55. The van der Waals surface area contributed by atoms with Gasteiger partial charge in [0.2, 0.25) is 0 Å². The van der Waals surface area contributed by atoms with Crippen LogP contribution in [0, 0.1) is 6.92 Å². The molecule has 4 heteroatoms. The molecule has 0 aliphatic rings. The number of hydrogen-bond acceptors (Lipinski definition) is 2. The van der Waals surface area contributed by atoms with E-state index in [-0.39, 0.29) is 5.69 Å². The van der Waals surface area contributed by atoms with Crippen molar-refractivity contribution in [2.24, 2.45) is 5.73 Å². The van der Waals surface area contributed by atoms with Crippen LogP contribution in [0.2, 0.25) is 0 Å². The van der Waals surface area contributed by atoms with Gasteiger partial charge in [-0.3, -0.25) is 4.79 Å². The lowest BCUT2D eigenvalue weighted by Gasteiger charge is -1.97. The molecule has 1 heterocycles. The van der Waals surface area contributed by atoms with Crippen LogP contribution in [0.4, 0.5) is 0 Å². The average molecular weight is 215 g/mol. The van der Waals surface area contributed by atoms with E-state index in [9.17, 15) is 4.79 Å². The number of halogens is 1. The van der Waals surface area contributed by atoms with E-state index in [0.717, 1.165) is 10.2 Å². The lowest BCUT2D eigenvalue weighted by Crippen LogP contribution is -2.13. The minimum absolute atomic E-state index is 0.289. The molecule has 0 aliphatic heterocycles. The average Bonchev–Trinajstić information content (AvgIpc) is 1.85.